The zero-order chi connectivity index (χ0) is 20.2. The SMILES string of the molecule is O=C(COC(=O)c1n[nH]c(=O)c2ccccc12)Nc1nnc(-c2ccccc2)o1. The number of benzene rings is 2. The number of aromatic amines is 1. The molecule has 10 heteroatoms. The molecule has 2 N–H and O–H groups in total. The van der Waals surface area contributed by atoms with E-state index in [1.165, 1.54) is 0 Å². The zero-order valence-corrected chi connectivity index (χ0v) is 14.8. The van der Waals surface area contributed by atoms with Crippen LogP contribution in [0.15, 0.2) is 63.8 Å². The first-order valence-electron chi connectivity index (χ1n) is 8.45. The van der Waals surface area contributed by atoms with E-state index in [0.29, 0.717) is 16.3 Å². The lowest BCUT2D eigenvalue weighted by atomic mass is 10.1. The minimum Gasteiger partial charge on any atom is -0.451 e. The van der Waals surface area contributed by atoms with Crippen molar-refractivity contribution >= 4 is 28.7 Å². The van der Waals surface area contributed by atoms with Crippen molar-refractivity contribution < 1.29 is 18.7 Å². The fraction of sp³-hybridized carbons (Fsp3) is 0.0526. The number of nitrogens with zero attached hydrogens (tertiary/aromatic N) is 3. The van der Waals surface area contributed by atoms with Crippen molar-refractivity contribution in [1.82, 2.24) is 20.4 Å². The summed E-state index contributed by atoms with van der Waals surface area (Å²) in [6.45, 7) is -0.600. The number of carbonyl (C=O) groups is 2. The Morgan fingerprint density at radius 1 is 1.00 bits per heavy atom. The molecule has 29 heavy (non-hydrogen) atoms. The van der Waals surface area contributed by atoms with Gasteiger partial charge in [0, 0.05) is 10.9 Å². The molecule has 0 saturated carbocycles. The molecule has 2 heterocycles. The molecule has 0 unspecified atom stereocenters. The molecule has 0 fully saturated rings. The molecule has 4 rings (SSSR count). The van der Waals surface area contributed by atoms with Crippen molar-refractivity contribution in [3.63, 3.8) is 0 Å². The third-order valence-corrected chi connectivity index (χ3v) is 3.92. The van der Waals surface area contributed by atoms with E-state index in [9.17, 15) is 14.4 Å². The highest BCUT2D eigenvalue weighted by Crippen LogP contribution is 2.19. The smallest absolute Gasteiger partial charge is 0.359 e. The van der Waals surface area contributed by atoms with Gasteiger partial charge in [-0.3, -0.25) is 14.9 Å². The monoisotopic (exact) mass is 391 g/mol. The molecule has 2 aromatic carbocycles. The fourth-order valence-electron chi connectivity index (χ4n) is 2.60. The lowest BCUT2D eigenvalue weighted by molar-refractivity contribution is -0.119. The van der Waals surface area contributed by atoms with Gasteiger partial charge >= 0.3 is 12.0 Å². The molecule has 2 aromatic heterocycles. The van der Waals surface area contributed by atoms with E-state index in [1.54, 1.807) is 36.4 Å². The second kappa shape index (κ2) is 7.72. The predicted octanol–water partition coefficient (Wildman–Crippen LogP) is 1.77. The molecule has 0 spiro atoms. The Morgan fingerprint density at radius 2 is 1.72 bits per heavy atom. The van der Waals surface area contributed by atoms with Gasteiger partial charge in [-0.15, -0.1) is 5.10 Å². The van der Waals surface area contributed by atoms with E-state index in [-0.39, 0.29) is 17.6 Å². The summed E-state index contributed by atoms with van der Waals surface area (Å²) >= 11 is 0. The van der Waals surface area contributed by atoms with Crippen LogP contribution in [-0.2, 0) is 9.53 Å². The zero-order valence-electron chi connectivity index (χ0n) is 14.8. The van der Waals surface area contributed by atoms with E-state index in [4.69, 9.17) is 9.15 Å². The van der Waals surface area contributed by atoms with Crippen LogP contribution in [0.1, 0.15) is 10.5 Å². The molecular formula is C19H13N5O5. The number of rotatable bonds is 5. The number of ether oxygens (including phenoxy) is 1. The first kappa shape index (κ1) is 18.0. The van der Waals surface area contributed by atoms with Crippen molar-refractivity contribution in [2.75, 3.05) is 11.9 Å². The van der Waals surface area contributed by atoms with Crippen molar-refractivity contribution in [3.8, 4) is 11.5 Å². The highest BCUT2D eigenvalue weighted by molar-refractivity contribution is 6.03. The maximum absolute atomic E-state index is 12.3. The van der Waals surface area contributed by atoms with Gasteiger partial charge in [-0.25, -0.2) is 9.89 Å². The molecule has 0 atom stereocenters. The van der Waals surface area contributed by atoms with Crippen LogP contribution in [0.4, 0.5) is 6.01 Å². The highest BCUT2D eigenvalue weighted by Gasteiger charge is 2.18. The first-order chi connectivity index (χ1) is 14.1. The maximum Gasteiger partial charge on any atom is 0.359 e. The number of hydrogen-bond donors (Lipinski definition) is 2. The van der Waals surface area contributed by atoms with Gasteiger partial charge < -0.3 is 9.15 Å². The summed E-state index contributed by atoms with van der Waals surface area (Å²) in [5.41, 5.74) is 0.167. The Morgan fingerprint density at radius 3 is 2.52 bits per heavy atom. The number of hydrogen-bond acceptors (Lipinski definition) is 8. The van der Waals surface area contributed by atoms with Gasteiger partial charge in [-0.05, 0) is 18.2 Å². The molecular weight excluding hydrogens is 378 g/mol. The summed E-state index contributed by atoms with van der Waals surface area (Å²) in [7, 11) is 0. The second-order valence-electron chi connectivity index (χ2n) is 5.85. The largest absolute Gasteiger partial charge is 0.451 e. The Hall–Kier alpha value is -4.34. The van der Waals surface area contributed by atoms with Crippen LogP contribution in [0.25, 0.3) is 22.2 Å². The predicted molar refractivity (Wildman–Crippen MR) is 101 cm³/mol. The van der Waals surface area contributed by atoms with Crippen molar-refractivity contribution in [2.24, 2.45) is 0 Å². The number of amides is 1. The van der Waals surface area contributed by atoms with Crippen LogP contribution >= 0.6 is 0 Å². The minimum atomic E-state index is -0.858. The second-order valence-corrected chi connectivity index (χ2v) is 5.85. The average molecular weight is 391 g/mol. The third kappa shape index (κ3) is 3.86. The van der Waals surface area contributed by atoms with Gasteiger partial charge in [0.25, 0.3) is 11.5 Å². The number of esters is 1. The normalized spacial score (nSPS) is 10.6. The van der Waals surface area contributed by atoms with Gasteiger partial charge in [0.1, 0.15) is 0 Å². The van der Waals surface area contributed by atoms with E-state index >= 15 is 0 Å². The summed E-state index contributed by atoms with van der Waals surface area (Å²) in [6.07, 6.45) is 0. The van der Waals surface area contributed by atoms with Crippen LogP contribution in [0.2, 0.25) is 0 Å². The Bertz CT molecular complexity index is 1250. The van der Waals surface area contributed by atoms with Crippen molar-refractivity contribution in [3.05, 3.63) is 70.6 Å². The maximum atomic E-state index is 12.3. The van der Waals surface area contributed by atoms with Gasteiger partial charge in [0.15, 0.2) is 12.3 Å². The summed E-state index contributed by atoms with van der Waals surface area (Å²) in [6, 6.07) is 15.3. The topological polar surface area (TPSA) is 140 Å². The Labute approximate surface area is 162 Å². The van der Waals surface area contributed by atoms with E-state index in [0.717, 1.165) is 0 Å². The van der Waals surface area contributed by atoms with Crippen LogP contribution < -0.4 is 10.9 Å². The molecule has 10 nitrogen and oxygen atoms in total. The fourth-order valence-corrected chi connectivity index (χ4v) is 2.60. The third-order valence-electron chi connectivity index (χ3n) is 3.92. The summed E-state index contributed by atoms with van der Waals surface area (Å²) in [5, 5.41) is 16.5. The standard InChI is InChI=1S/C19H13N5O5/c25-14(20-19-24-23-17(29-19)11-6-2-1-3-7-11)10-28-18(27)15-12-8-4-5-9-13(12)16(26)22-21-15/h1-9H,10H2,(H,22,26)(H,20,24,25). The summed E-state index contributed by atoms with van der Waals surface area (Å²) in [4.78, 5) is 36.1. The number of nitrogens with one attached hydrogen (secondary N) is 2. The average Bonchev–Trinajstić information content (AvgIpc) is 3.21. The minimum absolute atomic E-state index is 0.0999. The van der Waals surface area contributed by atoms with Gasteiger partial charge in [-0.1, -0.05) is 41.5 Å². The molecule has 0 aliphatic rings. The van der Waals surface area contributed by atoms with Crippen molar-refractivity contribution in [1.29, 1.82) is 0 Å². The lowest BCUT2D eigenvalue weighted by Crippen LogP contribution is -2.22. The van der Waals surface area contributed by atoms with Crippen LogP contribution in [0.5, 0.6) is 0 Å². The number of H-pyrrole nitrogens is 1. The molecule has 4 aromatic rings. The van der Waals surface area contributed by atoms with Crippen LogP contribution in [-0.4, -0.2) is 38.9 Å². The molecule has 1 amide bonds. The Balaban J connectivity index is 1.40. The summed E-state index contributed by atoms with van der Waals surface area (Å²) < 4.78 is 10.3. The quantitative estimate of drug-likeness (QED) is 0.491. The van der Waals surface area contributed by atoms with E-state index < -0.39 is 24.0 Å². The molecule has 0 bridgehead atoms. The van der Waals surface area contributed by atoms with Gasteiger partial charge in [-0.2, -0.15) is 5.10 Å². The lowest BCUT2D eigenvalue weighted by Gasteiger charge is -2.05. The number of fused-ring (bicyclic) bond motifs is 1. The van der Waals surface area contributed by atoms with E-state index in [1.807, 2.05) is 18.2 Å². The molecule has 0 aliphatic carbocycles. The molecule has 0 radical (unpaired) electrons. The van der Waals surface area contributed by atoms with Gasteiger partial charge in [0.05, 0.1) is 5.39 Å². The number of aromatic nitrogens is 4. The van der Waals surface area contributed by atoms with Crippen LogP contribution in [0, 0.1) is 0 Å². The van der Waals surface area contributed by atoms with Crippen LogP contribution in [0.3, 0.4) is 0 Å². The molecule has 144 valence electrons. The number of carbonyl (C=O) groups excluding carboxylic acids is 2. The molecule has 0 saturated heterocycles. The highest BCUT2D eigenvalue weighted by atomic mass is 16.5. The van der Waals surface area contributed by atoms with Gasteiger partial charge in [0.2, 0.25) is 5.89 Å². The first-order valence-corrected chi connectivity index (χ1v) is 8.45. The summed E-state index contributed by atoms with van der Waals surface area (Å²) in [5.74, 6) is -1.29. The molecule has 0 aliphatic heterocycles. The number of anilines is 1. The van der Waals surface area contributed by atoms with Crippen molar-refractivity contribution in [2.45, 2.75) is 0 Å². The van der Waals surface area contributed by atoms with E-state index in [2.05, 4.69) is 25.7 Å². The Kier molecular flexibility index (Phi) is 4.81.